The van der Waals surface area contributed by atoms with E-state index in [2.05, 4.69) is 20.5 Å². The fourth-order valence-electron chi connectivity index (χ4n) is 2.26. The van der Waals surface area contributed by atoms with E-state index in [1.54, 1.807) is 36.4 Å². The molecule has 0 aromatic heterocycles. The number of aromatic hydroxyl groups is 1. The predicted molar refractivity (Wildman–Crippen MR) is 106 cm³/mol. The zero-order chi connectivity index (χ0) is 20.9. The maximum atomic E-state index is 11.2. The molecular formula is C19H16N4O5S. The first-order chi connectivity index (χ1) is 13.8. The Hall–Kier alpha value is -3.63. The molecule has 0 radical (unpaired) electrons. The van der Waals surface area contributed by atoms with E-state index in [-0.39, 0.29) is 16.3 Å². The summed E-state index contributed by atoms with van der Waals surface area (Å²) in [6.07, 6.45) is 0. The van der Waals surface area contributed by atoms with Crippen LogP contribution < -0.4 is 4.74 Å². The number of methoxy groups -OCH3 is 1. The molecule has 0 bridgehead atoms. The second-order valence-electron chi connectivity index (χ2n) is 5.74. The zero-order valence-corrected chi connectivity index (χ0v) is 16.0. The molecule has 0 aliphatic carbocycles. The molecule has 148 valence electrons. The second-order valence-corrected chi connectivity index (χ2v) is 7.17. The summed E-state index contributed by atoms with van der Waals surface area (Å²) in [5.74, 6) is 0.550. The first-order valence-corrected chi connectivity index (χ1v) is 9.67. The van der Waals surface area contributed by atoms with E-state index in [9.17, 15) is 13.5 Å². The normalized spacial score (nSPS) is 11.9. The van der Waals surface area contributed by atoms with Crippen molar-refractivity contribution >= 4 is 32.9 Å². The van der Waals surface area contributed by atoms with Crippen molar-refractivity contribution in [3.8, 4) is 11.5 Å². The molecule has 0 aliphatic heterocycles. The standard InChI is InChI=1S/C19H16N4O5S/c1-28-19-12-15(22-21-14-3-2-4-17(11-14)29(25,26)27)7-10-18(19)23-20-13-5-8-16(24)9-6-13/h2-12,24H,1H3,(H,25,26,27). The summed E-state index contributed by atoms with van der Waals surface area (Å²) in [5, 5.41) is 25.5. The summed E-state index contributed by atoms with van der Waals surface area (Å²) < 4.78 is 36.8. The van der Waals surface area contributed by atoms with Crippen molar-refractivity contribution in [2.24, 2.45) is 20.5 Å². The molecule has 0 unspecified atom stereocenters. The van der Waals surface area contributed by atoms with Gasteiger partial charge in [0.2, 0.25) is 0 Å². The van der Waals surface area contributed by atoms with Crippen LogP contribution in [-0.2, 0) is 10.1 Å². The summed E-state index contributed by atoms with van der Waals surface area (Å²) in [4.78, 5) is -0.267. The van der Waals surface area contributed by atoms with Crippen molar-refractivity contribution in [1.29, 1.82) is 0 Å². The number of azo groups is 2. The predicted octanol–water partition coefficient (Wildman–Crippen LogP) is 5.48. The molecule has 10 heteroatoms. The molecule has 3 aromatic rings. The quantitative estimate of drug-likeness (QED) is 0.408. The van der Waals surface area contributed by atoms with Gasteiger partial charge in [-0.05, 0) is 54.6 Å². The monoisotopic (exact) mass is 412 g/mol. The fourth-order valence-corrected chi connectivity index (χ4v) is 2.78. The molecule has 0 aliphatic rings. The van der Waals surface area contributed by atoms with Gasteiger partial charge < -0.3 is 9.84 Å². The lowest BCUT2D eigenvalue weighted by atomic mass is 10.2. The Kier molecular flexibility index (Phi) is 5.96. The maximum Gasteiger partial charge on any atom is 0.294 e. The SMILES string of the molecule is COc1cc(N=Nc2cccc(S(=O)(=O)O)c2)ccc1N=Nc1ccc(O)cc1. The number of phenolic OH excluding ortho intramolecular Hbond substituents is 1. The molecule has 29 heavy (non-hydrogen) atoms. The highest BCUT2D eigenvalue weighted by Crippen LogP contribution is 2.33. The minimum Gasteiger partial charge on any atom is -0.508 e. The number of hydrogen-bond acceptors (Lipinski definition) is 8. The molecule has 0 saturated heterocycles. The minimum atomic E-state index is -4.31. The van der Waals surface area contributed by atoms with Gasteiger partial charge in [0.05, 0.1) is 29.1 Å². The van der Waals surface area contributed by atoms with Crippen molar-refractivity contribution < 1.29 is 22.8 Å². The highest BCUT2D eigenvalue weighted by molar-refractivity contribution is 7.85. The Morgan fingerprint density at radius 3 is 2.07 bits per heavy atom. The second kappa shape index (κ2) is 8.59. The van der Waals surface area contributed by atoms with Crippen LogP contribution in [0.2, 0.25) is 0 Å². The Balaban J connectivity index is 1.81. The highest BCUT2D eigenvalue weighted by Gasteiger charge is 2.09. The third-order valence-corrected chi connectivity index (χ3v) is 4.53. The van der Waals surface area contributed by atoms with E-state index in [1.807, 2.05) is 0 Å². The third-order valence-electron chi connectivity index (χ3n) is 3.68. The average molecular weight is 412 g/mol. The Labute approximate surface area is 166 Å². The Morgan fingerprint density at radius 2 is 1.41 bits per heavy atom. The van der Waals surface area contributed by atoms with Crippen LogP contribution in [0.3, 0.4) is 0 Å². The van der Waals surface area contributed by atoms with E-state index in [4.69, 9.17) is 9.29 Å². The summed E-state index contributed by atoms with van der Waals surface area (Å²) in [5.41, 5.74) is 1.73. The molecule has 3 aromatic carbocycles. The van der Waals surface area contributed by atoms with Crippen molar-refractivity contribution in [1.82, 2.24) is 0 Å². The van der Waals surface area contributed by atoms with Crippen molar-refractivity contribution in [2.75, 3.05) is 7.11 Å². The maximum absolute atomic E-state index is 11.2. The van der Waals surface area contributed by atoms with Crippen LogP contribution >= 0.6 is 0 Å². The van der Waals surface area contributed by atoms with Gasteiger partial charge in [-0.15, -0.1) is 5.11 Å². The van der Waals surface area contributed by atoms with E-state index in [0.717, 1.165) is 0 Å². The van der Waals surface area contributed by atoms with Crippen LogP contribution in [0, 0.1) is 0 Å². The Bertz CT molecular complexity index is 1180. The van der Waals surface area contributed by atoms with E-state index in [0.29, 0.717) is 22.8 Å². The van der Waals surface area contributed by atoms with Gasteiger partial charge in [-0.3, -0.25) is 4.55 Å². The van der Waals surface area contributed by atoms with Crippen molar-refractivity contribution in [3.05, 3.63) is 66.7 Å². The van der Waals surface area contributed by atoms with E-state index >= 15 is 0 Å². The van der Waals surface area contributed by atoms with Crippen LogP contribution in [-0.4, -0.2) is 25.2 Å². The van der Waals surface area contributed by atoms with Crippen molar-refractivity contribution in [3.63, 3.8) is 0 Å². The highest BCUT2D eigenvalue weighted by atomic mass is 32.2. The molecule has 0 atom stereocenters. The molecule has 0 fully saturated rings. The number of benzene rings is 3. The number of rotatable bonds is 6. The molecule has 0 amide bonds. The molecule has 2 N–H and O–H groups in total. The van der Waals surface area contributed by atoms with Gasteiger partial charge in [0, 0.05) is 6.07 Å². The number of ether oxygens (including phenoxy) is 1. The summed E-state index contributed by atoms with van der Waals surface area (Å²) in [6, 6.07) is 16.6. The lowest BCUT2D eigenvalue weighted by Crippen LogP contribution is -1.96. The van der Waals surface area contributed by atoms with Crippen LogP contribution in [0.1, 0.15) is 0 Å². The smallest absolute Gasteiger partial charge is 0.294 e. The first-order valence-electron chi connectivity index (χ1n) is 8.23. The minimum absolute atomic E-state index is 0.137. The van der Waals surface area contributed by atoms with Crippen LogP contribution in [0.5, 0.6) is 11.5 Å². The van der Waals surface area contributed by atoms with Gasteiger partial charge in [0.15, 0.2) is 0 Å². The van der Waals surface area contributed by atoms with E-state index in [1.165, 1.54) is 37.4 Å². The average Bonchev–Trinajstić information content (AvgIpc) is 2.71. The molecule has 0 heterocycles. The van der Waals surface area contributed by atoms with Crippen LogP contribution in [0.15, 0.2) is 92.1 Å². The van der Waals surface area contributed by atoms with Gasteiger partial charge >= 0.3 is 0 Å². The summed E-state index contributed by atoms with van der Waals surface area (Å²) >= 11 is 0. The van der Waals surface area contributed by atoms with Crippen LogP contribution in [0.25, 0.3) is 0 Å². The van der Waals surface area contributed by atoms with Gasteiger partial charge in [-0.2, -0.15) is 23.8 Å². The number of hydrogen-bond donors (Lipinski definition) is 2. The third kappa shape index (κ3) is 5.43. The molecule has 9 nitrogen and oxygen atoms in total. The summed E-state index contributed by atoms with van der Waals surface area (Å²) in [6.45, 7) is 0. The lowest BCUT2D eigenvalue weighted by molar-refractivity contribution is 0.416. The largest absolute Gasteiger partial charge is 0.508 e. The topological polar surface area (TPSA) is 133 Å². The lowest BCUT2D eigenvalue weighted by Gasteiger charge is -2.04. The zero-order valence-electron chi connectivity index (χ0n) is 15.2. The van der Waals surface area contributed by atoms with Gasteiger partial charge in [0.1, 0.15) is 17.2 Å². The van der Waals surface area contributed by atoms with Crippen LogP contribution in [0.4, 0.5) is 22.7 Å². The van der Waals surface area contributed by atoms with Gasteiger partial charge in [-0.25, -0.2) is 0 Å². The fraction of sp³-hybridized carbons (Fsp3) is 0.0526. The number of nitrogens with zero attached hydrogens (tertiary/aromatic N) is 4. The molecule has 0 spiro atoms. The number of phenols is 1. The first kappa shape index (κ1) is 20.1. The molecule has 3 rings (SSSR count). The molecular weight excluding hydrogens is 396 g/mol. The van der Waals surface area contributed by atoms with E-state index < -0.39 is 10.1 Å². The van der Waals surface area contributed by atoms with Gasteiger partial charge in [0.25, 0.3) is 10.1 Å². The summed E-state index contributed by atoms with van der Waals surface area (Å²) in [7, 11) is -2.84. The Morgan fingerprint density at radius 1 is 0.793 bits per heavy atom. The molecule has 0 saturated carbocycles. The van der Waals surface area contributed by atoms with Crippen molar-refractivity contribution in [2.45, 2.75) is 4.90 Å². The van der Waals surface area contributed by atoms with Gasteiger partial charge in [-0.1, -0.05) is 6.07 Å².